The lowest BCUT2D eigenvalue weighted by Gasteiger charge is -2.21. The van der Waals surface area contributed by atoms with Crippen molar-refractivity contribution in [2.45, 2.75) is 6.18 Å². The number of hydrogen-bond donors (Lipinski definition) is 0. The molecular formula is C7H9ClF3NO3. The number of carbonyl (C=O) groups excluding carboxylic acids is 2. The molecule has 0 aromatic rings. The van der Waals surface area contributed by atoms with Gasteiger partial charge in [-0.3, -0.25) is 9.69 Å². The maximum Gasteiger partial charge on any atom is 0.410 e. The molecule has 0 saturated heterocycles. The number of hydrogen-bond acceptors (Lipinski definition) is 3. The minimum Gasteiger partial charge on any atom is -0.453 e. The molecule has 0 saturated carbocycles. The largest absolute Gasteiger partial charge is 0.453 e. The molecule has 0 aromatic carbocycles. The number of rotatable bonds is 4. The lowest BCUT2D eigenvalue weighted by molar-refractivity contribution is -0.144. The zero-order valence-corrected chi connectivity index (χ0v) is 8.56. The third-order valence-electron chi connectivity index (χ3n) is 1.32. The van der Waals surface area contributed by atoms with E-state index in [0.717, 1.165) is 7.11 Å². The highest BCUT2D eigenvalue weighted by molar-refractivity contribution is 6.28. The van der Waals surface area contributed by atoms with Gasteiger partial charge in [0.15, 0.2) is 5.78 Å². The van der Waals surface area contributed by atoms with E-state index in [0.29, 0.717) is 0 Å². The number of amides is 1. The van der Waals surface area contributed by atoms with Gasteiger partial charge in [-0.2, -0.15) is 13.2 Å². The number of ether oxygens (including phenoxy) is 1. The molecule has 4 nitrogen and oxygen atoms in total. The number of alkyl halides is 4. The third-order valence-corrected chi connectivity index (χ3v) is 1.62. The summed E-state index contributed by atoms with van der Waals surface area (Å²) in [7, 11) is 0.927. The lowest BCUT2D eigenvalue weighted by atomic mass is 10.4. The molecule has 0 fully saturated rings. The van der Waals surface area contributed by atoms with Crippen LogP contribution in [0.4, 0.5) is 18.0 Å². The fourth-order valence-electron chi connectivity index (χ4n) is 0.786. The molecule has 15 heavy (non-hydrogen) atoms. The highest BCUT2D eigenvalue weighted by Crippen LogP contribution is 2.16. The Bertz CT molecular complexity index is 244. The first-order chi connectivity index (χ1) is 6.80. The number of nitrogens with zero attached hydrogens (tertiary/aromatic N) is 1. The number of methoxy groups -OCH3 is 1. The normalized spacial score (nSPS) is 11.0. The summed E-state index contributed by atoms with van der Waals surface area (Å²) in [5, 5.41) is 0. The summed E-state index contributed by atoms with van der Waals surface area (Å²) in [6.07, 6.45) is -5.80. The van der Waals surface area contributed by atoms with Gasteiger partial charge in [0.2, 0.25) is 0 Å². The second kappa shape index (κ2) is 5.79. The van der Waals surface area contributed by atoms with Crippen LogP contribution in [-0.4, -0.2) is 49.0 Å². The monoisotopic (exact) mass is 247 g/mol. The lowest BCUT2D eigenvalue weighted by Crippen LogP contribution is -2.42. The van der Waals surface area contributed by atoms with Gasteiger partial charge < -0.3 is 4.74 Å². The van der Waals surface area contributed by atoms with Gasteiger partial charge in [-0.15, -0.1) is 11.6 Å². The zero-order chi connectivity index (χ0) is 12.1. The number of carbonyl (C=O) groups is 2. The van der Waals surface area contributed by atoms with Crippen LogP contribution < -0.4 is 0 Å². The fourth-order valence-corrected chi connectivity index (χ4v) is 0.870. The molecule has 88 valence electrons. The minimum atomic E-state index is -4.58. The topological polar surface area (TPSA) is 46.6 Å². The molecule has 0 unspecified atom stereocenters. The van der Waals surface area contributed by atoms with Crippen molar-refractivity contribution in [2.24, 2.45) is 0 Å². The van der Waals surface area contributed by atoms with E-state index < -0.39 is 37.0 Å². The molecule has 8 heteroatoms. The summed E-state index contributed by atoms with van der Waals surface area (Å²) >= 11 is 5.11. The van der Waals surface area contributed by atoms with E-state index in [1.165, 1.54) is 0 Å². The molecule has 0 rings (SSSR count). The molecule has 0 N–H and O–H groups in total. The van der Waals surface area contributed by atoms with Crippen molar-refractivity contribution in [3.8, 4) is 0 Å². The van der Waals surface area contributed by atoms with Crippen molar-refractivity contribution in [3.63, 3.8) is 0 Å². The summed E-state index contributed by atoms with van der Waals surface area (Å²) in [6.45, 7) is -2.25. The van der Waals surface area contributed by atoms with Crippen LogP contribution in [0.25, 0.3) is 0 Å². The summed E-state index contributed by atoms with van der Waals surface area (Å²) in [5.41, 5.74) is 0. The molecule has 0 radical (unpaired) electrons. The van der Waals surface area contributed by atoms with Crippen LogP contribution in [0.3, 0.4) is 0 Å². The molecule has 0 aliphatic heterocycles. The van der Waals surface area contributed by atoms with Gasteiger partial charge in [-0.25, -0.2) is 4.79 Å². The summed E-state index contributed by atoms with van der Waals surface area (Å²) < 4.78 is 40.0. The molecule has 0 spiro atoms. The Hall–Kier alpha value is -0.980. The molecule has 0 aromatic heterocycles. The number of ketones is 1. The summed E-state index contributed by atoms with van der Waals surface area (Å²) in [4.78, 5) is 21.9. The molecule has 1 amide bonds. The Morgan fingerprint density at radius 3 is 2.27 bits per heavy atom. The Balaban J connectivity index is 4.45. The van der Waals surface area contributed by atoms with E-state index in [9.17, 15) is 22.8 Å². The Morgan fingerprint density at radius 1 is 1.40 bits per heavy atom. The zero-order valence-electron chi connectivity index (χ0n) is 7.81. The van der Waals surface area contributed by atoms with Crippen LogP contribution in [0, 0.1) is 0 Å². The van der Waals surface area contributed by atoms with Gasteiger partial charge in [0, 0.05) is 0 Å². The van der Waals surface area contributed by atoms with E-state index in [4.69, 9.17) is 11.6 Å². The molecule has 0 aliphatic rings. The first-order valence-corrected chi connectivity index (χ1v) is 4.31. The van der Waals surface area contributed by atoms with Gasteiger partial charge in [0.25, 0.3) is 0 Å². The first-order valence-electron chi connectivity index (χ1n) is 3.77. The van der Waals surface area contributed by atoms with Gasteiger partial charge in [0.05, 0.1) is 19.5 Å². The maximum atomic E-state index is 12.0. The minimum absolute atomic E-state index is 0.241. The van der Waals surface area contributed by atoms with Crippen molar-refractivity contribution in [2.75, 3.05) is 26.1 Å². The smallest absolute Gasteiger partial charge is 0.410 e. The average Bonchev–Trinajstić information content (AvgIpc) is 2.13. The molecular weight excluding hydrogens is 239 g/mol. The van der Waals surface area contributed by atoms with Crippen LogP contribution in [-0.2, 0) is 9.53 Å². The standard InChI is InChI=1S/C7H9ClF3NO3/c1-15-6(14)12(3-5(13)2-8)4-7(9,10)11/h2-4H2,1H3. The van der Waals surface area contributed by atoms with Gasteiger partial charge in [-0.05, 0) is 0 Å². The van der Waals surface area contributed by atoms with E-state index in [1.54, 1.807) is 0 Å². The Kier molecular flexibility index (Phi) is 5.41. The average molecular weight is 248 g/mol. The van der Waals surface area contributed by atoms with Gasteiger partial charge in [0.1, 0.15) is 6.54 Å². The Morgan fingerprint density at radius 2 is 1.93 bits per heavy atom. The van der Waals surface area contributed by atoms with Crippen molar-refractivity contribution >= 4 is 23.5 Å². The van der Waals surface area contributed by atoms with Gasteiger partial charge in [-0.1, -0.05) is 0 Å². The third kappa shape index (κ3) is 6.16. The van der Waals surface area contributed by atoms with Gasteiger partial charge >= 0.3 is 12.3 Å². The van der Waals surface area contributed by atoms with E-state index in [2.05, 4.69) is 4.74 Å². The first kappa shape index (κ1) is 14.0. The van der Waals surface area contributed by atoms with Crippen molar-refractivity contribution in [1.29, 1.82) is 0 Å². The second-order valence-electron chi connectivity index (χ2n) is 2.61. The second-order valence-corrected chi connectivity index (χ2v) is 2.88. The van der Waals surface area contributed by atoms with Crippen molar-refractivity contribution in [3.05, 3.63) is 0 Å². The fraction of sp³-hybridized carbons (Fsp3) is 0.714. The molecule has 0 aliphatic carbocycles. The van der Waals surface area contributed by atoms with Crippen molar-refractivity contribution in [1.82, 2.24) is 4.90 Å². The van der Waals surface area contributed by atoms with Crippen LogP contribution in [0.1, 0.15) is 0 Å². The van der Waals surface area contributed by atoms with Crippen LogP contribution in [0.5, 0.6) is 0 Å². The summed E-state index contributed by atoms with van der Waals surface area (Å²) in [6, 6.07) is 0. The number of halogens is 4. The summed E-state index contributed by atoms with van der Waals surface area (Å²) in [5.74, 6) is -1.14. The highest BCUT2D eigenvalue weighted by atomic mass is 35.5. The van der Waals surface area contributed by atoms with E-state index >= 15 is 0 Å². The van der Waals surface area contributed by atoms with E-state index in [-0.39, 0.29) is 4.90 Å². The van der Waals surface area contributed by atoms with Crippen LogP contribution in [0.2, 0.25) is 0 Å². The number of Topliss-reactive ketones (excluding diaryl/α,β-unsaturated/α-hetero) is 1. The molecule has 0 atom stereocenters. The van der Waals surface area contributed by atoms with Crippen LogP contribution >= 0.6 is 11.6 Å². The highest BCUT2D eigenvalue weighted by Gasteiger charge is 2.34. The van der Waals surface area contributed by atoms with Crippen LogP contribution in [0.15, 0.2) is 0 Å². The maximum absolute atomic E-state index is 12.0. The quantitative estimate of drug-likeness (QED) is 0.706. The molecule has 0 heterocycles. The SMILES string of the molecule is COC(=O)N(CC(=O)CCl)CC(F)(F)F. The molecule has 0 bridgehead atoms. The van der Waals surface area contributed by atoms with Crippen molar-refractivity contribution < 1.29 is 27.5 Å². The Labute approximate surface area is 88.9 Å². The predicted molar refractivity (Wildman–Crippen MR) is 45.8 cm³/mol. The van der Waals surface area contributed by atoms with E-state index in [1.807, 2.05) is 0 Å². The predicted octanol–water partition coefficient (Wildman–Crippen LogP) is 1.43.